The molecule has 21 heavy (non-hydrogen) atoms. The molecule has 1 aliphatic heterocycles. The number of rotatable bonds is 9. The molecule has 1 aliphatic carbocycles. The van der Waals surface area contributed by atoms with E-state index in [9.17, 15) is 15.3 Å². The monoisotopic (exact) mass is 301 g/mol. The zero-order valence-electron chi connectivity index (χ0n) is 13.3. The Kier molecular flexibility index (Phi) is 6.44. The fraction of sp³-hybridized carbons (Fsp3) is 1.00. The van der Waals surface area contributed by atoms with Gasteiger partial charge in [0.1, 0.15) is 18.3 Å². The van der Waals surface area contributed by atoms with Crippen LogP contribution in [0.3, 0.4) is 0 Å². The fourth-order valence-electron chi connectivity index (χ4n) is 3.48. The highest BCUT2D eigenvalue weighted by Crippen LogP contribution is 2.42. The predicted molar refractivity (Wildman–Crippen MR) is 81.1 cm³/mol. The molecule has 1 heterocycles. The van der Waals surface area contributed by atoms with Crippen molar-refractivity contribution >= 4 is 0 Å². The number of likely N-dealkylation sites (tertiary alicyclic amines) is 1. The molecule has 0 aromatic carbocycles. The van der Waals surface area contributed by atoms with Crippen molar-refractivity contribution in [3.05, 3.63) is 0 Å². The minimum absolute atomic E-state index is 0.0448. The first-order valence-corrected chi connectivity index (χ1v) is 8.55. The summed E-state index contributed by atoms with van der Waals surface area (Å²) >= 11 is 0. The minimum atomic E-state index is -1.10. The molecule has 0 spiro atoms. The van der Waals surface area contributed by atoms with Gasteiger partial charge < -0.3 is 20.1 Å². The van der Waals surface area contributed by atoms with Crippen LogP contribution in [0.4, 0.5) is 0 Å². The van der Waals surface area contributed by atoms with E-state index in [4.69, 9.17) is 4.74 Å². The summed E-state index contributed by atoms with van der Waals surface area (Å²) in [6.45, 7) is 5.80. The molecule has 7 atom stereocenters. The lowest BCUT2D eigenvalue weighted by Crippen LogP contribution is -2.54. The molecule has 0 aromatic heterocycles. The molecule has 3 unspecified atom stereocenters. The van der Waals surface area contributed by atoms with Crippen molar-refractivity contribution in [1.29, 1.82) is 0 Å². The Hall–Kier alpha value is -0.200. The molecule has 5 nitrogen and oxygen atoms in total. The maximum atomic E-state index is 10.2. The average Bonchev–Trinajstić information content (AvgIpc) is 3.19. The van der Waals surface area contributed by atoms with E-state index in [1.807, 2.05) is 0 Å². The van der Waals surface area contributed by atoms with E-state index in [1.54, 1.807) is 0 Å². The molecule has 1 saturated heterocycles. The van der Waals surface area contributed by atoms with Gasteiger partial charge in [-0.25, -0.2) is 0 Å². The number of aliphatic hydroxyl groups is 3. The summed E-state index contributed by atoms with van der Waals surface area (Å²) in [5, 5.41) is 30.3. The fourth-order valence-corrected chi connectivity index (χ4v) is 3.48. The number of ether oxygens (including phenoxy) is 1. The van der Waals surface area contributed by atoms with Gasteiger partial charge in [0.15, 0.2) is 0 Å². The van der Waals surface area contributed by atoms with Gasteiger partial charge in [0.2, 0.25) is 0 Å². The summed E-state index contributed by atoms with van der Waals surface area (Å²) in [6, 6.07) is 0.0218. The van der Waals surface area contributed by atoms with E-state index in [0.29, 0.717) is 6.61 Å². The topological polar surface area (TPSA) is 72.9 Å². The van der Waals surface area contributed by atoms with Crippen LogP contribution < -0.4 is 0 Å². The lowest BCUT2D eigenvalue weighted by atomic mass is 9.89. The number of unbranched alkanes of at least 4 members (excludes halogenated alkanes) is 4. The van der Waals surface area contributed by atoms with Gasteiger partial charge in [0.25, 0.3) is 0 Å². The molecule has 3 N–H and O–H groups in total. The summed E-state index contributed by atoms with van der Waals surface area (Å²) in [4.78, 5) is 2.19. The van der Waals surface area contributed by atoms with Crippen molar-refractivity contribution in [2.45, 2.75) is 88.9 Å². The van der Waals surface area contributed by atoms with E-state index in [2.05, 4.69) is 18.7 Å². The summed E-state index contributed by atoms with van der Waals surface area (Å²) in [6.07, 6.45) is 3.41. The summed E-state index contributed by atoms with van der Waals surface area (Å²) in [5.74, 6) is 0. The van der Waals surface area contributed by atoms with Crippen LogP contribution in [0.2, 0.25) is 0 Å². The van der Waals surface area contributed by atoms with Crippen LogP contribution in [-0.2, 0) is 4.74 Å². The summed E-state index contributed by atoms with van der Waals surface area (Å²) in [7, 11) is 0. The van der Waals surface area contributed by atoms with E-state index in [1.165, 1.54) is 19.3 Å². The number of fused-ring (bicyclic) bond motifs is 1. The van der Waals surface area contributed by atoms with Gasteiger partial charge in [-0.15, -0.1) is 0 Å². The van der Waals surface area contributed by atoms with Crippen molar-refractivity contribution < 1.29 is 20.1 Å². The van der Waals surface area contributed by atoms with Gasteiger partial charge >= 0.3 is 0 Å². The second kappa shape index (κ2) is 7.88. The molecule has 0 amide bonds. The maximum absolute atomic E-state index is 10.2. The molecular weight excluding hydrogens is 270 g/mol. The van der Waals surface area contributed by atoms with Gasteiger partial charge in [0, 0.05) is 6.61 Å². The Bertz CT molecular complexity index is 315. The Morgan fingerprint density at radius 1 is 0.810 bits per heavy atom. The van der Waals surface area contributed by atoms with Crippen LogP contribution in [0.5, 0.6) is 0 Å². The molecule has 0 aromatic rings. The molecule has 5 heteroatoms. The van der Waals surface area contributed by atoms with Crippen molar-refractivity contribution in [1.82, 2.24) is 4.90 Å². The molecule has 124 valence electrons. The van der Waals surface area contributed by atoms with Crippen LogP contribution in [0.15, 0.2) is 0 Å². The van der Waals surface area contributed by atoms with Gasteiger partial charge in [-0.2, -0.15) is 0 Å². The molecule has 2 fully saturated rings. The quantitative estimate of drug-likeness (QED) is 0.436. The molecule has 2 aliphatic rings. The number of aliphatic hydroxyl groups excluding tert-OH is 3. The summed E-state index contributed by atoms with van der Waals surface area (Å²) in [5.41, 5.74) is 0. The van der Waals surface area contributed by atoms with Crippen LogP contribution in [0.1, 0.15) is 52.4 Å². The average molecular weight is 301 g/mol. The highest BCUT2D eigenvalue weighted by Gasteiger charge is 2.64. The minimum Gasteiger partial charge on any atom is -0.389 e. The number of hydrogen-bond donors (Lipinski definition) is 3. The first kappa shape index (κ1) is 17.2. The standard InChI is InChI=1S/C16H31NO4/c1-3-5-7-8-9-17-11-12(17)16(21-10-6-4-2)15(20)14(19)13(11)18/h11-16,18-20H,3-10H2,1-2H3/t11?,12?,13-,14+,15-,16-,17?/m1/s1. The SMILES string of the molecule is CCCCCCN1C2C1[C@@H](OCCCC)[C@H](O)[C@@H](O)[C@@H]2O. The summed E-state index contributed by atoms with van der Waals surface area (Å²) < 4.78 is 5.80. The lowest BCUT2D eigenvalue weighted by molar-refractivity contribution is -0.140. The Balaban J connectivity index is 1.88. The van der Waals surface area contributed by atoms with Crippen molar-refractivity contribution in [2.75, 3.05) is 13.2 Å². The van der Waals surface area contributed by atoms with Gasteiger partial charge in [-0.1, -0.05) is 39.5 Å². The van der Waals surface area contributed by atoms with Crippen LogP contribution >= 0.6 is 0 Å². The van der Waals surface area contributed by atoms with Gasteiger partial charge in [-0.3, -0.25) is 4.90 Å². The predicted octanol–water partition coefficient (Wildman–Crippen LogP) is 0.901. The van der Waals surface area contributed by atoms with Gasteiger partial charge in [0.05, 0.1) is 18.2 Å². The number of hydrogen-bond acceptors (Lipinski definition) is 5. The molecule has 0 bridgehead atoms. The molecule has 2 rings (SSSR count). The van der Waals surface area contributed by atoms with Crippen molar-refractivity contribution in [3.63, 3.8) is 0 Å². The normalized spacial score (nSPS) is 41.9. The zero-order valence-corrected chi connectivity index (χ0v) is 13.3. The zero-order chi connectivity index (χ0) is 15.4. The highest BCUT2D eigenvalue weighted by molar-refractivity contribution is 5.18. The second-order valence-electron chi connectivity index (χ2n) is 6.44. The largest absolute Gasteiger partial charge is 0.389 e. The third kappa shape index (κ3) is 3.77. The second-order valence-corrected chi connectivity index (χ2v) is 6.44. The first-order chi connectivity index (χ1) is 10.1. The molecule has 0 radical (unpaired) electrons. The van der Waals surface area contributed by atoms with Crippen LogP contribution in [-0.4, -0.2) is 69.9 Å². The third-order valence-electron chi connectivity index (χ3n) is 4.83. The Morgan fingerprint density at radius 3 is 2.19 bits per heavy atom. The maximum Gasteiger partial charge on any atom is 0.110 e. The van der Waals surface area contributed by atoms with E-state index in [-0.39, 0.29) is 18.2 Å². The first-order valence-electron chi connectivity index (χ1n) is 8.55. The van der Waals surface area contributed by atoms with E-state index >= 15 is 0 Å². The third-order valence-corrected chi connectivity index (χ3v) is 4.83. The van der Waals surface area contributed by atoms with E-state index in [0.717, 1.165) is 25.8 Å². The Morgan fingerprint density at radius 2 is 1.52 bits per heavy atom. The van der Waals surface area contributed by atoms with Crippen molar-refractivity contribution in [2.24, 2.45) is 0 Å². The highest BCUT2D eigenvalue weighted by atomic mass is 16.5. The molecule has 1 saturated carbocycles. The van der Waals surface area contributed by atoms with Gasteiger partial charge in [-0.05, 0) is 19.4 Å². The Labute approximate surface area is 127 Å². The van der Waals surface area contributed by atoms with E-state index < -0.39 is 18.3 Å². The lowest BCUT2D eigenvalue weighted by Gasteiger charge is -2.33. The molecular formula is C16H31NO4. The van der Waals surface area contributed by atoms with Crippen LogP contribution in [0, 0.1) is 0 Å². The van der Waals surface area contributed by atoms with Crippen molar-refractivity contribution in [3.8, 4) is 0 Å². The number of nitrogens with zero attached hydrogens (tertiary/aromatic N) is 1. The smallest absolute Gasteiger partial charge is 0.110 e. The van der Waals surface area contributed by atoms with Crippen LogP contribution in [0.25, 0.3) is 0 Å².